The first-order chi connectivity index (χ1) is 8.38. The van der Waals surface area contributed by atoms with Gasteiger partial charge in [0, 0.05) is 18.5 Å². The van der Waals surface area contributed by atoms with Gasteiger partial charge in [-0.2, -0.15) is 0 Å². The quantitative estimate of drug-likeness (QED) is 0.798. The number of rotatable bonds is 1. The molecule has 0 aliphatic carbocycles. The van der Waals surface area contributed by atoms with E-state index in [4.69, 9.17) is 0 Å². The van der Waals surface area contributed by atoms with Crippen molar-refractivity contribution in [2.24, 2.45) is 5.41 Å². The molecule has 2 N–H and O–H groups in total. The fraction of sp³-hybridized carbons (Fsp3) is 0.533. The maximum atomic E-state index is 12.1. The molecule has 98 valence electrons. The molecule has 1 aliphatic heterocycles. The van der Waals surface area contributed by atoms with Crippen LogP contribution < -0.4 is 10.6 Å². The van der Waals surface area contributed by atoms with E-state index in [9.17, 15) is 4.79 Å². The van der Waals surface area contributed by atoms with Crippen molar-refractivity contribution in [2.75, 3.05) is 6.54 Å². The Balaban J connectivity index is 2.22. The molecule has 1 amide bonds. The zero-order valence-corrected chi connectivity index (χ0v) is 11.6. The van der Waals surface area contributed by atoms with Crippen LogP contribution in [0, 0.1) is 12.3 Å². The van der Waals surface area contributed by atoms with Gasteiger partial charge in [-0.15, -0.1) is 0 Å². The fourth-order valence-electron chi connectivity index (χ4n) is 2.16. The number of carbonyl (C=O) groups is 1. The summed E-state index contributed by atoms with van der Waals surface area (Å²) in [6.45, 7) is 9.60. The zero-order valence-electron chi connectivity index (χ0n) is 11.6. The molecule has 1 aromatic carbocycles. The van der Waals surface area contributed by atoms with Crippen molar-refractivity contribution >= 4 is 5.91 Å². The first-order valence-corrected chi connectivity index (χ1v) is 6.49. The van der Waals surface area contributed by atoms with Crippen molar-refractivity contribution in [3.63, 3.8) is 0 Å². The Kier molecular flexibility index (Phi) is 3.44. The Labute approximate surface area is 109 Å². The lowest BCUT2D eigenvalue weighted by molar-refractivity contribution is -0.129. The van der Waals surface area contributed by atoms with Crippen LogP contribution in [0.1, 0.15) is 43.5 Å². The molecule has 0 fully saturated rings. The van der Waals surface area contributed by atoms with Gasteiger partial charge in [0.15, 0.2) is 0 Å². The Morgan fingerprint density at radius 3 is 2.78 bits per heavy atom. The van der Waals surface area contributed by atoms with E-state index in [1.54, 1.807) is 0 Å². The molecule has 1 unspecified atom stereocenters. The van der Waals surface area contributed by atoms with Crippen molar-refractivity contribution in [1.29, 1.82) is 0 Å². The fourth-order valence-corrected chi connectivity index (χ4v) is 2.16. The maximum Gasteiger partial charge on any atom is 0.225 e. The molecule has 0 saturated heterocycles. The number of carbonyl (C=O) groups excluding carboxylic acids is 1. The third kappa shape index (κ3) is 2.72. The Bertz CT molecular complexity index is 460. The van der Waals surface area contributed by atoms with Crippen LogP contribution in [-0.4, -0.2) is 12.5 Å². The minimum absolute atomic E-state index is 0.0837. The van der Waals surface area contributed by atoms with Crippen LogP contribution in [0.25, 0.3) is 0 Å². The lowest BCUT2D eigenvalue weighted by Crippen LogP contribution is -2.43. The number of fused-ring (bicyclic) bond motifs is 1. The lowest BCUT2D eigenvalue weighted by atomic mass is 9.91. The van der Waals surface area contributed by atoms with E-state index in [0.29, 0.717) is 0 Å². The van der Waals surface area contributed by atoms with Crippen LogP contribution >= 0.6 is 0 Å². The van der Waals surface area contributed by atoms with E-state index in [1.807, 2.05) is 20.8 Å². The van der Waals surface area contributed by atoms with Crippen LogP contribution in [0.3, 0.4) is 0 Å². The van der Waals surface area contributed by atoms with Gasteiger partial charge in [-0.1, -0.05) is 44.5 Å². The molecule has 3 nitrogen and oxygen atoms in total. The molecule has 2 rings (SSSR count). The highest BCUT2D eigenvalue weighted by Crippen LogP contribution is 2.24. The normalized spacial score (nSPS) is 19.2. The summed E-state index contributed by atoms with van der Waals surface area (Å²) in [6.07, 6.45) is 0. The lowest BCUT2D eigenvalue weighted by Gasteiger charge is -2.30. The van der Waals surface area contributed by atoms with E-state index in [1.165, 1.54) is 16.7 Å². The van der Waals surface area contributed by atoms with Crippen molar-refractivity contribution in [1.82, 2.24) is 10.6 Å². The molecular weight excluding hydrogens is 224 g/mol. The summed E-state index contributed by atoms with van der Waals surface area (Å²) >= 11 is 0. The summed E-state index contributed by atoms with van der Waals surface area (Å²) in [5.74, 6) is 0.101. The van der Waals surface area contributed by atoms with Crippen LogP contribution in [-0.2, 0) is 11.3 Å². The number of aryl methyl sites for hydroxylation is 1. The average molecular weight is 246 g/mol. The molecule has 1 atom stereocenters. The third-order valence-electron chi connectivity index (χ3n) is 3.33. The Morgan fingerprint density at radius 1 is 1.39 bits per heavy atom. The highest BCUT2D eigenvalue weighted by atomic mass is 16.2. The maximum absolute atomic E-state index is 12.1. The zero-order chi connectivity index (χ0) is 13.3. The molecule has 3 heteroatoms. The first kappa shape index (κ1) is 13.1. The van der Waals surface area contributed by atoms with Gasteiger partial charge in [0.2, 0.25) is 5.91 Å². The number of nitrogens with one attached hydrogen (secondary N) is 2. The molecule has 0 radical (unpaired) electrons. The topological polar surface area (TPSA) is 41.1 Å². The standard InChI is InChI=1S/C15H22N2O/c1-10-5-6-11-8-16-9-13(12(11)7-10)17-14(18)15(2,3)4/h5-7,13,16H,8-9H2,1-4H3,(H,17,18). The summed E-state index contributed by atoms with van der Waals surface area (Å²) in [6, 6.07) is 6.53. The van der Waals surface area contributed by atoms with E-state index in [-0.39, 0.29) is 17.4 Å². The van der Waals surface area contributed by atoms with Crippen LogP contribution in [0.4, 0.5) is 0 Å². The van der Waals surface area contributed by atoms with Crippen LogP contribution in [0.2, 0.25) is 0 Å². The molecule has 0 spiro atoms. The second-order valence-electron chi connectivity index (χ2n) is 6.11. The second-order valence-corrected chi connectivity index (χ2v) is 6.11. The minimum Gasteiger partial charge on any atom is -0.348 e. The number of benzene rings is 1. The molecule has 0 aromatic heterocycles. The van der Waals surface area contributed by atoms with Gasteiger partial charge >= 0.3 is 0 Å². The van der Waals surface area contributed by atoms with Gasteiger partial charge in [0.1, 0.15) is 0 Å². The van der Waals surface area contributed by atoms with Crippen molar-refractivity contribution in [3.8, 4) is 0 Å². The molecule has 0 bridgehead atoms. The largest absolute Gasteiger partial charge is 0.348 e. The summed E-state index contributed by atoms with van der Waals surface area (Å²) in [5.41, 5.74) is 3.43. The molecule has 1 heterocycles. The average Bonchev–Trinajstić information content (AvgIpc) is 2.28. The van der Waals surface area contributed by atoms with Crippen LogP contribution in [0.15, 0.2) is 18.2 Å². The summed E-state index contributed by atoms with van der Waals surface area (Å²) < 4.78 is 0. The van der Waals surface area contributed by atoms with Gasteiger partial charge in [-0.3, -0.25) is 4.79 Å². The van der Waals surface area contributed by atoms with Crippen molar-refractivity contribution < 1.29 is 4.79 Å². The monoisotopic (exact) mass is 246 g/mol. The van der Waals surface area contributed by atoms with E-state index in [0.717, 1.165) is 13.1 Å². The Morgan fingerprint density at radius 2 is 2.11 bits per heavy atom. The predicted octanol–water partition coefficient (Wildman–Crippen LogP) is 2.30. The molecule has 1 aliphatic rings. The minimum atomic E-state index is -0.346. The third-order valence-corrected chi connectivity index (χ3v) is 3.33. The van der Waals surface area contributed by atoms with Crippen molar-refractivity contribution in [3.05, 3.63) is 34.9 Å². The Hall–Kier alpha value is -1.35. The summed E-state index contributed by atoms with van der Waals surface area (Å²) in [7, 11) is 0. The number of amides is 1. The van der Waals surface area contributed by atoms with Crippen LogP contribution in [0.5, 0.6) is 0 Å². The molecule has 18 heavy (non-hydrogen) atoms. The second kappa shape index (κ2) is 4.73. The van der Waals surface area contributed by atoms with Gasteiger partial charge in [-0.25, -0.2) is 0 Å². The summed E-state index contributed by atoms with van der Waals surface area (Å²) in [5, 5.41) is 6.49. The number of hydrogen-bond acceptors (Lipinski definition) is 2. The van der Waals surface area contributed by atoms with Gasteiger partial charge in [-0.05, 0) is 18.1 Å². The van der Waals surface area contributed by atoms with E-state index >= 15 is 0 Å². The smallest absolute Gasteiger partial charge is 0.225 e. The first-order valence-electron chi connectivity index (χ1n) is 6.49. The SMILES string of the molecule is Cc1ccc2c(c1)C(NC(=O)C(C)(C)C)CNC2. The highest BCUT2D eigenvalue weighted by Gasteiger charge is 2.27. The predicted molar refractivity (Wildman–Crippen MR) is 73.2 cm³/mol. The molecule has 1 aromatic rings. The van der Waals surface area contributed by atoms with Gasteiger partial charge in [0.25, 0.3) is 0 Å². The summed E-state index contributed by atoms with van der Waals surface area (Å²) in [4.78, 5) is 12.1. The van der Waals surface area contributed by atoms with Gasteiger partial charge < -0.3 is 10.6 Å². The highest BCUT2D eigenvalue weighted by molar-refractivity contribution is 5.81. The molecular formula is C15H22N2O. The van der Waals surface area contributed by atoms with E-state index < -0.39 is 0 Å². The van der Waals surface area contributed by atoms with E-state index in [2.05, 4.69) is 35.8 Å². The van der Waals surface area contributed by atoms with Gasteiger partial charge in [0.05, 0.1) is 6.04 Å². The number of hydrogen-bond donors (Lipinski definition) is 2. The van der Waals surface area contributed by atoms with Crippen molar-refractivity contribution in [2.45, 2.75) is 40.3 Å². The molecule has 0 saturated carbocycles.